The summed E-state index contributed by atoms with van der Waals surface area (Å²) in [6.45, 7) is 3.97. The van der Waals surface area contributed by atoms with Gasteiger partial charge < -0.3 is 18.9 Å². The van der Waals surface area contributed by atoms with E-state index in [0.717, 1.165) is 39.3 Å². The minimum absolute atomic E-state index is 0.285. The predicted octanol–water partition coefficient (Wildman–Crippen LogP) is 2.01. The van der Waals surface area contributed by atoms with Crippen LogP contribution in [0.3, 0.4) is 0 Å². The van der Waals surface area contributed by atoms with Gasteiger partial charge in [-0.1, -0.05) is 0 Å². The molecule has 0 amide bonds. The van der Waals surface area contributed by atoms with Crippen molar-refractivity contribution in [2.45, 2.75) is 44.3 Å². The Labute approximate surface area is 110 Å². The van der Waals surface area contributed by atoms with E-state index >= 15 is 0 Å². The van der Waals surface area contributed by atoms with E-state index in [4.69, 9.17) is 18.9 Å². The molecule has 3 atom stereocenters. The third kappa shape index (κ3) is 4.84. The Morgan fingerprint density at radius 2 is 1.83 bits per heavy atom. The summed E-state index contributed by atoms with van der Waals surface area (Å²) in [7, 11) is 1.72. The minimum atomic E-state index is 0.285. The first kappa shape index (κ1) is 14.3. The predicted molar refractivity (Wildman–Crippen MR) is 68.8 cm³/mol. The largest absolute Gasteiger partial charge is 0.382 e. The zero-order valence-corrected chi connectivity index (χ0v) is 11.4. The molecule has 4 nitrogen and oxygen atoms in total. The highest BCUT2D eigenvalue weighted by Crippen LogP contribution is 2.20. The van der Waals surface area contributed by atoms with E-state index in [1.54, 1.807) is 7.11 Å². The fourth-order valence-electron chi connectivity index (χ4n) is 2.61. The van der Waals surface area contributed by atoms with Crippen molar-refractivity contribution < 1.29 is 18.9 Å². The Morgan fingerprint density at radius 1 is 0.944 bits per heavy atom. The Bertz CT molecular complexity index is 208. The van der Waals surface area contributed by atoms with Crippen molar-refractivity contribution in [1.29, 1.82) is 0 Å². The molecule has 2 saturated heterocycles. The van der Waals surface area contributed by atoms with Crippen molar-refractivity contribution in [3.05, 3.63) is 0 Å². The van der Waals surface area contributed by atoms with Crippen LogP contribution in [-0.4, -0.2) is 52.4 Å². The lowest BCUT2D eigenvalue weighted by Crippen LogP contribution is -2.32. The smallest absolute Gasteiger partial charge is 0.0808 e. The van der Waals surface area contributed by atoms with Crippen LogP contribution >= 0.6 is 0 Å². The Hall–Kier alpha value is -0.160. The van der Waals surface area contributed by atoms with Gasteiger partial charge in [0.1, 0.15) is 0 Å². The lowest BCUT2D eigenvalue weighted by molar-refractivity contribution is -0.0847. The fourth-order valence-corrected chi connectivity index (χ4v) is 2.61. The van der Waals surface area contributed by atoms with Gasteiger partial charge in [0, 0.05) is 19.6 Å². The van der Waals surface area contributed by atoms with E-state index in [9.17, 15) is 0 Å². The van der Waals surface area contributed by atoms with Gasteiger partial charge in [-0.15, -0.1) is 0 Å². The minimum Gasteiger partial charge on any atom is -0.382 e. The topological polar surface area (TPSA) is 36.9 Å². The molecule has 0 spiro atoms. The summed E-state index contributed by atoms with van der Waals surface area (Å²) >= 11 is 0. The zero-order valence-electron chi connectivity index (χ0n) is 11.4. The Balaban J connectivity index is 1.52. The summed E-state index contributed by atoms with van der Waals surface area (Å²) in [6, 6.07) is 0. The van der Waals surface area contributed by atoms with Gasteiger partial charge in [-0.2, -0.15) is 0 Å². The highest BCUT2D eigenvalue weighted by molar-refractivity contribution is 4.70. The van der Waals surface area contributed by atoms with E-state index < -0.39 is 0 Å². The summed E-state index contributed by atoms with van der Waals surface area (Å²) in [5.74, 6) is 0.543. The maximum atomic E-state index is 5.77. The van der Waals surface area contributed by atoms with Crippen LogP contribution in [0.15, 0.2) is 0 Å². The first-order valence-electron chi connectivity index (χ1n) is 7.18. The lowest BCUT2D eigenvalue weighted by Gasteiger charge is -2.29. The van der Waals surface area contributed by atoms with Gasteiger partial charge in [0.05, 0.1) is 38.6 Å². The second kappa shape index (κ2) is 8.10. The highest BCUT2D eigenvalue weighted by atomic mass is 16.5. The molecule has 0 aromatic heterocycles. The molecule has 0 bridgehead atoms. The molecule has 2 heterocycles. The molecule has 18 heavy (non-hydrogen) atoms. The monoisotopic (exact) mass is 258 g/mol. The second-order valence-corrected chi connectivity index (χ2v) is 5.38. The molecular formula is C14H26O4. The Morgan fingerprint density at radius 3 is 2.50 bits per heavy atom. The van der Waals surface area contributed by atoms with Crippen LogP contribution in [0.5, 0.6) is 0 Å². The summed E-state index contributed by atoms with van der Waals surface area (Å²) in [5.41, 5.74) is 0. The standard InChI is InChI=1S/C14H26O4/c1-15-10-14-6-5-12(9-18-14)8-16-11-13-4-2-3-7-17-13/h12-14H,2-11H2,1H3/t12?,13-,14+/m1/s1. The molecule has 0 aromatic rings. The number of hydrogen-bond acceptors (Lipinski definition) is 4. The van der Waals surface area contributed by atoms with Gasteiger partial charge in [0.25, 0.3) is 0 Å². The normalized spacial score (nSPS) is 33.5. The van der Waals surface area contributed by atoms with Gasteiger partial charge in [0.15, 0.2) is 0 Å². The molecule has 0 N–H and O–H groups in total. The molecule has 0 aliphatic carbocycles. The molecular weight excluding hydrogens is 232 g/mol. The Kier molecular flexibility index (Phi) is 6.41. The second-order valence-electron chi connectivity index (χ2n) is 5.38. The van der Waals surface area contributed by atoms with Crippen LogP contribution in [0.2, 0.25) is 0 Å². The summed E-state index contributed by atoms with van der Waals surface area (Å²) in [5, 5.41) is 0. The van der Waals surface area contributed by atoms with Gasteiger partial charge in [-0.05, 0) is 32.1 Å². The van der Waals surface area contributed by atoms with Gasteiger partial charge >= 0.3 is 0 Å². The van der Waals surface area contributed by atoms with Crippen LogP contribution in [0.4, 0.5) is 0 Å². The summed E-state index contributed by atoms with van der Waals surface area (Å²) in [6.07, 6.45) is 6.50. The molecule has 4 heteroatoms. The van der Waals surface area contributed by atoms with Crippen molar-refractivity contribution in [3.8, 4) is 0 Å². The maximum Gasteiger partial charge on any atom is 0.0808 e. The molecule has 0 radical (unpaired) electrons. The van der Waals surface area contributed by atoms with Crippen LogP contribution in [0.25, 0.3) is 0 Å². The molecule has 2 rings (SSSR count). The van der Waals surface area contributed by atoms with Crippen molar-refractivity contribution in [1.82, 2.24) is 0 Å². The van der Waals surface area contributed by atoms with E-state index in [-0.39, 0.29) is 6.10 Å². The van der Waals surface area contributed by atoms with Crippen molar-refractivity contribution in [2.24, 2.45) is 5.92 Å². The van der Waals surface area contributed by atoms with E-state index in [2.05, 4.69) is 0 Å². The maximum absolute atomic E-state index is 5.77. The molecule has 2 aliphatic rings. The zero-order chi connectivity index (χ0) is 12.6. The van der Waals surface area contributed by atoms with Crippen LogP contribution in [0, 0.1) is 5.92 Å². The molecule has 0 saturated carbocycles. The van der Waals surface area contributed by atoms with Crippen molar-refractivity contribution >= 4 is 0 Å². The molecule has 106 valence electrons. The molecule has 1 unspecified atom stereocenters. The number of rotatable bonds is 6. The summed E-state index contributed by atoms with van der Waals surface area (Å²) < 4.78 is 22.3. The molecule has 2 fully saturated rings. The molecule has 0 aromatic carbocycles. The van der Waals surface area contributed by atoms with Crippen LogP contribution in [0.1, 0.15) is 32.1 Å². The fraction of sp³-hybridized carbons (Fsp3) is 1.00. The highest BCUT2D eigenvalue weighted by Gasteiger charge is 2.22. The van der Waals surface area contributed by atoms with Crippen molar-refractivity contribution in [3.63, 3.8) is 0 Å². The first-order chi connectivity index (χ1) is 8.88. The average Bonchev–Trinajstić information content (AvgIpc) is 2.42. The van der Waals surface area contributed by atoms with Crippen LogP contribution in [-0.2, 0) is 18.9 Å². The first-order valence-corrected chi connectivity index (χ1v) is 7.18. The summed E-state index contributed by atoms with van der Waals surface area (Å²) in [4.78, 5) is 0. The van der Waals surface area contributed by atoms with Gasteiger partial charge in [0.2, 0.25) is 0 Å². The van der Waals surface area contributed by atoms with Crippen molar-refractivity contribution in [2.75, 3.05) is 40.1 Å². The van der Waals surface area contributed by atoms with E-state index in [1.165, 1.54) is 19.3 Å². The third-order valence-corrected chi connectivity index (χ3v) is 3.75. The van der Waals surface area contributed by atoms with E-state index in [0.29, 0.717) is 18.6 Å². The van der Waals surface area contributed by atoms with E-state index in [1.807, 2.05) is 0 Å². The molecule has 2 aliphatic heterocycles. The average molecular weight is 258 g/mol. The van der Waals surface area contributed by atoms with Crippen LogP contribution < -0.4 is 0 Å². The quantitative estimate of drug-likeness (QED) is 0.730. The number of hydrogen-bond donors (Lipinski definition) is 0. The SMILES string of the molecule is COC[C@@H]1CCC(COC[C@H]2CCCCO2)CO1. The van der Waals surface area contributed by atoms with Gasteiger partial charge in [-0.25, -0.2) is 0 Å². The number of ether oxygens (including phenoxy) is 4. The number of methoxy groups -OCH3 is 1. The lowest BCUT2D eigenvalue weighted by atomic mass is 9.99. The third-order valence-electron chi connectivity index (χ3n) is 3.75. The van der Waals surface area contributed by atoms with Gasteiger partial charge in [-0.3, -0.25) is 0 Å².